The summed E-state index contributed by atoms with van der Waals surface area (Å²) in [5.74, 6) is -2.11. The molecule has 18 heteroatoms. The molecular formula is C40H54F2N10O6. The monoisotopic (exact) mass is 808 g/mol. The van der Waals surface area contributed by atoms with Gasteiger partial charge in [0.1, 0.15) is 23.7 Å². The third-order valence-electron chi connectivity index (χ3n) is 11.5. The highest BCUT2D eigenvalue weighted by molar-refractivity contribution is 5.91. The fraction of sp³-hybridized carbons (Fsp3) is 0.550. The van der Waals surface area contributed by atoms with E-state index in [-0.39, 0.29) is 13.1 Å². The third-order valence-corrected chi connectivity index (χ3v) is 11.5. The molecule has 2 unspecified atom stereocenters. The maximum Gasteiger partial charge on any atom is 0.248 e. The van der Waals surface area contributed by atoms with Crippen LogP contribution in [0, 0.1) is 11.6 Å². The van der Waals surface area contributed by atoms with Crippen LogP contribution in [0.1, 0.15) is 53.4 Å². The van der Waals surface area contributed by atoms with Gasteiger partial charge < -0.3 is 50.4 Å². The van der Waals surface area contributed by atoms with E-state index in [2.05, 4.69) is 21.3 Å². The second kappa shape index (κ2) is 17.8. The van der Waals surface area contributed by atoms with Crippen LogP contribution >= 0.6 is 0 Å². The fourth-order valence-electron chi connectivity index (χ4n) is 7.92. The van der Waals surface area contributed by atoms with Crippen molar-refractivity contribution in [3.8, 4) is 11.6 Å². The zero-order chi connectivity index (χ0) is 42.0. The van der Waals surface area contributed by atoms with Crippen LogP contribution in [0.4, 0.5) is 8.78 Å². The Kier molecular flexibility index (Phi) is 13.1. The molecule has 0 radical (unpaired) electrons. The number of rotatable bonds is 15. The lowest BCUT2D eigenvalue weighted by molar-refractivity contribution is -0.140. The van der Waals surface area contributed by atoms with Crippen LogP contribution in [0.15, 0.2) is 36.4 Å². The maximum absolute atomic E-state index is 14.7. The van der Waals surface area contributed by atoms with Gasteiger partial charge in [-0.2, -0.15) is 0 Å². The molecule has 6 rings (SSSR count). The Balaban J connectivity index is 1.38. The van der Waals surface area contributed by atoms with Gasteiger partial charge in [-0.25, -0.2) is 18.7 Å². The molecule has 0 saturated carbocycles. The number of aromatic nitrogens is 4. The number of imidazole rings is 2. The van der Waals surface area contributed by atoms with E-state index in [0.717, 1.165) is 0 Å². The van der Waals surface area contributed by atoms with Crippen LogP contribution in [-0.4, -0.2) is 138 Å². The predicted octanol–water partition coefficient (Wildman–Crippen LogP) is 1.26. The minimum absolute atomic E-state index is 0.197. The molecule has 2 aliphatic rings. The zero-order valence-corrected chi connectivity index (χ0v) is 33.7. The smallest absolute Gasteiger partial charge is 0.248 e. The van der Waals surface area contributed by atoms with Crippen LogP contribution in [0.5, 0.6) is 0 Å². The van der Waals surface area contributed by atoms with E-state index in [1.165, 1.54) is 38.1 Å². The Bertz CT molecular complexity index is 2010. The SMILES string of the molecule is CN[C@H](C)C(=O)N[C@@H](C(=O)N1CCC[C@H]1Cn1c(-c2nc3cc(F)ccc3n2C[C@@H]2CCCN2C(=O)[C@H](NC(=O)[C@@H](C)NC)C(C)O)nc2cc(F)ccc21)C(C)O. The standard InChI is InChI=1S/C40H54F2N10O6/c1-21(43-5)37(55)47-33(23(3)53)39(57)49-15-7-9-27(49)19-51-31-13-11-25(41)17-29(31)45-35(51)36-46-30-18-26(42)12-14-32(30)52(36)20-28-10-8-16-50(28)40(58)34(24(4)54)48-38(56)22(2)44-6/h11-14,17-18,21-24,27-28,33-34,43-44,53-54H,7-10,15-16,19-20H2,1-6H3,(H,47,55)(H,48,56)/t21-,22-,23?,24?,27+,28+,33-,34-/m1/s1. The van der Waals surface area contributed by atoms with Crippen molar-refractivity contribution in [1.82, 2.24) is 50.2 Å². The molecule has 8 atom stereocenters. The van der Waals surface area contributed by atoms with Crippen molar-refractivity contribution in [2.24, 2.45) is 0 Å². The molecule has 4 amide bonds. The predicted molar refractivity (Wildman–Crippen MR) is 212 cm³/mol. The van der Waals surface area contributed by atoms with Gasteiger partial charge in [0.25, 0.3) is 0 Å². The lowest BCUT2D eigenvalue weighted by atomic mass is 10.1. The number of hydrogen-bond donors (Lipinski definition) is 6. The van der Waals surface area contributed by atoms with Crippen molar-refractivity contribution in [3.63, 3.8) is 0 Å². The van der Waals surface area contributed by atoms with Crippen LogP contribution < -0.4 is 21.3 Å². The maximum atomic E-state index is 14.7. The van der Waals surface area contributed by atoms with E-state index in [0.29, 0.717) is 72.5 Å². The lowest BCUT2D eigenvalue weighted by Crippen LogP contribution is -2.57. The van der Waals surface area contributed by atoms with Gasteiger partial charge >= 0.3 is 0 Å². The van der Waals surface area contributed by atoms with Crippen LogP contribution in [0.25, 0.3) is 33.7 Å². The van der Waals surface area contributed by atoms with Crippen molar-refractivity contribution in [2.75, 3.05) is 27.2 Å². The Morgan fingerprint density at radius 3 is 1.41 bits per heavy atom. The van der Waals surface area contributed by atoms with Crippen molar-refractivity contribution in [3.05, 3.63) is 48.0 Å². The normalized spacial score (nSPS) is 20.2. The van der Waals surface area contributed by atoms with Gasteiger partial charge in [-0.1, -0.05) is 0 Å². The summed E-state index contributed by atoms with van der Waals surface area (Å²) in [6.45, 7) is 7.35. The first-order valence-corrected chi connectivity index (χ1v) is 19.9. The number of carbonyl (C=O) groups excluding carboxylic acids is 4. The number of aliphatic hydroxyl groups is 2. The number of aliphatic hydroxyl groups excluding tert-OH is 2. The molecule has 6 N–H and O–H groups in total. The van der Waals surface area contributed by atoms with Gasteiger partial charge in [0.05, 0.1) is 46.4 Å². The Morgan fingerprint density at radius 2 is 1.07 bits per heavy atom. The topological polar surface area (TPSA) is 199 Å². The number of likely N-dealkylation sites (N-methyl/N-ethyl adjacent to an activating group) is 2. The molecule has 2 aliphatic heterocycles. The lowest BCUT2D eigenvalue weighted by Gasteiger charge is -2.32. The summed E-state index contributed by atoms with van der Waals surface area (Å²) in [7, 11) is 3.24. The average molecular weight is 809 g/mol. The zero-order valence-electron chi connectivity index (χ0n) is 33.7. The number of nitrogens with one attached hydrogen (secondary N) is 4. The fourth-order valence-corrected chi connectivity index (χ4v) is 7.92. The second-order valence-corrected chi connectivity index (χ2v) is 15.5. The van der Waals surface area contributed by atoms with Crippen molar-refractivity contribution >= 4 is 45.7 Å². The van der Waals surface area contributed by atoms with Crippen molar-refractivity contribution < 1.29 is 38.2 Å². The van der Waals surface area contributed by atoms with E-state index >= 15 is 0 Å². The molecule has 16 nitrogen and oxygen atoms in total. The van der Waals surface area contributed by atoms with E-state index in [4.69, 9.17) is 9.97 Å². The number of likely N-dealkylation sites (tertiary alicyclic amines) is 2. The number of hydrogen-bond acceptors (Lipinski definition) is 10. The van der Waals surface area contributed by atoms with Gasteiger partial charge in [-0.3, -0.25) is 19.2 Å². The number of nitrogens with zero attached hydrogens (tertiary/aromatic N) is 6. The van der Waals surface area contributed by atoms with Gasteiger partial charge in [0.15, 0.2) is 11.6 Å². The molecule has 2 aromatic carbocycles. The minimum Gasteiger partial charge on any atom is -0.391 e. The van der Waals surface area contributed by atoms with Gasteiger partial charge in [0.2, 0.25) is 23.6 Å². The molecule has 0 spiro atoms. The first-order valence-electron chi connectivity index (χ1n) is 19.9. The van der Waals surface area contributed by atoms with Crippen LogP contribution in [0.2, 0.25) is 0 Å². The van der Waals surface area contributed by atoms with Crippen molar-refractivity contribution in [2.45, 2.75) is 115 Å². The van der Waals surface area contributed by atoms with E-state index in [1.807, 2.05) is 9.13 Å². The highest BCUT2D eigenvalue weighted by Crippen LogP contribution is 2.33. The van der Waals surface area contributed by atoms with Gasteiger partial charge in [0, 0.05) is 50.4 Å². The van der Waals surface area contributed by atoms with E-state index in [1.54, 1.807) is 49.9 Å². The van der Waals surface area contributed by atoms with Gasteiger partial charge in [-0.05, 0) is 91.7 Å². The van der Waals surface area contributed by atoms with Crippen LogP contribution in [-0.2, 0) is 32.3 Å². The molecular weight excluding hydrogens is 754 g/mol. The summed E-state index contributed by atoms with van der Waals surface area (Å²) in [6.07, 6.45) is 0.140. The summed E-state index contributed by atoms with van der Waals surface area (Å²) in [6, 6.07) is 4.04. The molecule has 2 fully saturated rings. The Hall–Kier alpha value is -5.04. The largest absolute Gasteiger partial charge is 0.391 e. The summed E-state index contributed by atoms with van der Waals surface area (Å²) in [5, 5.41) is 32.3. The molecule has 0 aliphatic carbocycles. The Labute approximate surface area is 335 Å². The molecule has 58 heavy (non-hydrogen) atoms. The summed E-state index contributed by atoms with van der Waals surface area (Å²) >= 11 is 0. The average Bonchev–Trinajstić information content (AvgIpc) is 4.00. The second-order valence-electron chi connectivity index (χ2n) is 15.5. The van der Waals surface area contributed by atoms with E-state index < -0.39 is 83.7 Å². The first kappa shape index (κ1) is 42.6. The first-order chi connectivity index (χ1) is 27.6. The molecule has 2 aromatic heterocycles. The highest BCUT2D eigenvalue weighted by atomic mass is 19.1. The van der Waals surface area contributed by atoms with E-state index in [9.17, 15) is 38.2 Å². The molecule has 4 heterocycles. The summed E-state index contributed by atoms with van der Waals surface area (Å²) in [4.78, 5) is 66.7. The highest BCUT2D eigenvalue weighted by Gasteiger charge is 2.39. The van der Waals surface area contributed by atoms with Gasteiger partial charge in [-0.15, -0.1) is 0 Å². The molecule has 0 bridgehead atoms. The number of carbonyl (C=O) groups is 4. The number of halogens is 2. The van der Waals surface area contributed by atoms with Crippen LogP contribution in [0.3, 0.4) is 0 Å². The summed E-state index contributed by atoms with van der Waals surface area (Å²) in [5.41, 5.74) is 1.78. The third kappa shape index (κ3) is 8.69. The minimum atomic E-state index is -1.19. The molecule has 314 valence electrons. The number of amides is 4. The molecule has 2 saturated heterocycles. The quantitative estimate of drug-likeness (QED) is 0.102. The summed E-state index contributed by atoms with van der Waals surface area (Å²) < 4.78 is 33.2. The number of benzene rings is 2. The number of fused-ring (bicyclic) bond motifs is 2. The van der Waals surface area contributed by atoms with Crippen molar-refractivity contribution in [1.29, 1.82) is 0 Å². The molecule has 4 aromatic rings. The Morgan fingerprint density at radius 1 is 0.690 bits per heavy atom.